The smallest absolute Gasteiger partial charge is 0.224 e. The molecule has 1 aromatic carbocycles. The van der Waals surface area contributed by atoms with Gasteiger partial charge in [-0.15, -0.1) is 12.4 Å². The highest BCUT2D eigenvalue weighted by atomic mass is 35.5. The third-order valence-electron chi connectivity index (χ3n) is 6.51. The Balaban J connectivity index is 0.00000240. The van der Waals surface area contributed by atoms with Gasteiger partial charge in [-0.25, -0.2) is 0 Å². The van der Waals surface area contributed by atoms with Crippen molar-refractivity contribution in [2.24, 2.45) is 11.8 Å². The maximum Gasteiger partial charge on any atom is 0.224 e. The van der Waals surface area contributed by atoms with E-state index in [-0.39, 0.29) is 30.3 Å². The Bertz CT molecular complexity index is 712. The van der Waals surface area contributed by atoms with Gasteiger partial charge in [-0.05, 0) is 62.3 Å². The first kappa shape index (κ1) is 21.9. The summed E-state index contributed by atoms with van der Waals surface area (Å²) in [6.45, 7) is 5.09. The molecule has 3 aliphatic heterocycles. The molecule has 2 amide bonds. The Labute approximate surface area is 179 Å². The summed E-state index contributed by atoms with van der Waals surface area (Å²) in [6.07, 6.45) is 4.27. The minimum Gasteiger partial charge on any atom is -0.494 e. The highest BCUT2D eigenvalue weighted by molar-refractivity contribution is 5.85. The normalized spacial score (nSPS) is 28.2. The highest BCUT2D eigenvalue weighted by Gasteiger charge is 2.47. The van der Waals surface area contributed by atoms with Crippen LogP contribution < -0.4 is 15.4 Å². The van der Waals surface area contributed by atoms with Crippen molar-refractivity contribution in [2.75, 3.05) is 26.2 Å². The Morgan fingerprint density at radius 3 is 2.76 bits per heavy atom. The Hall–Kier alpha value is -1.79. The van der Waals surface area contributed by atoms with Crippen LogP contribution in [0.1, 0.15) is 38.2 Å². The number of rotatable bonds is 6. The fraction of sp³-hybridized carbons (Fsp3) is 0.636. The molecule has 0 radical (unpaired) electrons. The molecule has 2 bridgehead atoms. The first-order chi connectivity index (χ1) is 13.7. The van der Waals surface area contributed by atoms with Crippen molar-refractivity contribution < 1.29 is 14.3 Å². The van der Waals surface area contributed by atoms with E-state index in [1.54, 1.807) is 0 Å². The third kappa shape index (κ3) is 4.86. The number of piperidine rings is 3. The number of halogens is 1. The van der Waals surface area contributed by atoms with E-state index >= 15 is 0 Å². The Morgan fingerprint density at radius 1 is 1.24 bits per heavy atom. The SMILES string of the molecule is CCOc1ccc(CC(=O)NC[C@H]2[C@@H]3CNC[C@@H](C3)[C@@H]3CCCC(=O)N32)cc1.Cl. The van der Waals surface area contributed by atoms with Gasteiger partial charge in [-0.3, -0.25) is 9.59 Å². The van der Waals surface area contributed by atoms with Crippen LogP contribution in [0.5, 0.6) is 5.75 Å². The number of nitrogens with one attached hydrogen (secondary N) is 2. The summed E-state index contributed by atoms with van der Waals surface area (Å²) in [6, 6.07) is 8.14. The number of ether oxygens (including phenoxy) is 1. The van der Waals surface area contributed by atoms with Gasteiger partial charge in [-0.2, -0.15) is 0 Å². The number of hydrogen-bond acceptors (Lipinski definition) is 4. The summed E-state index contributed by atoms with van der Waals surface area (Å²) >= 11 is 0. The summed E-state index contributed by atoms with van der Waals surface area (Å²) < 4.78 is 5.45. The van der Waals surface area contributed by atoms with Gasteiger partial charge >= 0.3 is 0 Å². The van der Waals surface area contributed by atoms with Gasteiger partial charge in [0.05, 0.1) is 19.1 Å². The van der Waals surface area contributed by atoms with Crippen LogP contribution in [0.3, 0.4) is 0 Å². The summed E-state index contributed by atoms with van der Waals surface area (Å²) in [7, 11) is 0. The molecule has 4 rings (SSSR count). The number of carbonyl (C=O) groups excluding carboxylic acids is 2. The number of benzene rings is 1. The van der Waals surface area contributed by atoms with Crippen molar-refractivity contribution in [3.8, 4) is 5.75 Å². The summed E-state index contributed by atoms with van der Waals surface area (Å²) in [5, 5.41) is 6.65. The molecular weight excluding hydrogens is 390 g/mol. The average molecular weight is 422 g/mol. The molecule has 3 saturated heterocycles. The van der Waals surface area contributed by atoms with E-state index in [0.717, 1.165) is 37.2 Å². The van der Waals surface area contributed by atoms with E-state index in [2.05, 4.69) is 15.5 Å². The molecule has 3 heterocycles. The maximum atomic E-state index is 12.7. The van der Waals surface area contributed by atoms with E-state index in [1.807, 2.05) is 31.2 Å². The quantitative estimate of drug-likeness (QED) is 0.738. The monoisotopic (exact) mass is 421 g/mol. The lowest BCUT2D eigenvalue weighted by Crippen LogP contribution is -2.66. The molecule has 29 heavy (non-hydrogen) atoms. The number of hydrogen-bond donors (Lipinski definition) is 2. The second kappa shape index (κ2) is 9.81. The maximum absolute atomic E-state index is 12.7. The lowest BCUT2D eigenvalue weighted by atomic mass is 9.72. The fourth-order valence-corrected chi connectivity index (χ4v) is 5.23. The second-order valence-electron chi connectivity index (χ2n) is 8.30. The molecule has 1 aromatic rings. The molecule has 0 aromatic heterocycles. The number of nitrogens with zero attached hydrogens (tertiary/aromatic N) is 1. The van der Waals surface area contributed by atoms with Crippen LogP contribution in [0.25, 0.3) is 0 Å². The molecule has 6 nitrogen and oxygen atoms in total. The third-order valence-corrected chi connectivity index (χ3v) is 6.51. The van der Waals surface area contributed by atoms with Crippen molar-refractivity contribution in [1.82, 2.24) is 15.5 Å². The second-order valence-corrected chi connectivity index (χ2v) is 8.30. The topological polar surface area (TPSA) is 70.7 Å². The lowest BCUT2D eigenvalue weighted by Gasteiger charge is -2.54. The zero-order chi connectivity index (χ0) is 19.5. The van der Waals surface area contributed by atoms with Crippen molar-refractivity contribution in [3.05, 3.63) is 29.8 Å². The van der Waals surface area contributed by atoms with E-state index in [1.165, 1.54) is 6.42 Å². The molecule has 4 atom stereocenters. The molecule has 0 spiro atoms. The van der Waals surface area contributed by atoms with E-state index in [4.69, 9.17) is 4.74 Å². The Kier molecular flexibility index (Phi) is 7.41. The van der Waals surface area contributed by atoms with Crippen LogP contribution in [-0.2, 0) is 16.0 Å². The first-order valence-electron chi connectivity index (χ1n) is 10.7. The van der Waals surface area contributed by atoms with Crippen molar-refractivity contribution in [2.45, 2.75) is 51.1 Å². The molecule has 7 heteroatoms. The van der Waals surface area contributed by atoms with Gasteiger partial charge in [0.2, 0.25) is 11.8 Å². The molecule has 3 aliphatic rings. The van der Waals surface area contributed by atoms with Crippen molar-refractivity contribution in [1.29, 1.82) is 0 Å². The van der Waals surface area contributed by atoms with Crippen LogP contribution in [0.4, 0.5) is 0 Å². The van der Waals surface area contributed by atoms with E-state index in [0.29, 0.717) is 43.9 Å². The fourth-order valence-electron chi connectivity index (χ4n) is 5.23. The van der Waals surface area contributed by atoms with Crippen LogP contribution in [0.2, 0.25) is 0 Å². The number of fused-ring (bicyclic) bond motifs is 4. The van der Waals surface area contributed by atoms with Crippen LogP contribution in [0.15, 0.2) is 24.3 Å². The molecular formula is C22H32ClN3O3. The largest absolute Gasteiger partial charge is 0.494 e. The van der Waals surface area contributed by atoms with Gasteiger partial charge in [0.1, 0.15) is 5.75 Å². The molecule has 2 N–H and O–H groups in total. The van der Waals surface area contributed by atoms with Gasteiger partial charge in [0.25, 0.3) is 0 Å². The van der Waals surface area contributed by atoms with E-state index < -0.39 is 0 Å². The molecule has 0 aliphatic carbocycles. The number of amides is 2. The molecule has 3 fully saturated rings. The Morgan fingerprint density at radius 2 is 2.00 bits per heavy atom. The van der Waals surface area contributed by atoms with Crippen LogP contribution >= 0.6 is 12.4 Å². The van der Waals surface area contributed by atoms with Crippen LogP contribution in [-0.4, -0.2) is 55.0 Å². The minimum atomic E-state index is 0. The molecule has 0 unspecified atom stereocenters. The summed E-state index contributed by atoms with van der Waals surface area (Å²) in [5.41, 5.74) is 0.968. The van der Waals surface area contributed by atoms with E-state index in [9.17, 15) is 9.59 Å². The summed E-state index contributed by atoms with van der Waals surface area (Å²) in [5.74, 6) is 2.11. The molecule has 160 valence electrons. The average Bonchev–Trinajstić information content (AvgIpc) is 2.70. The van der Waals surface area contributed by atoms with Gasteiger partial charge in [-0.1, -0.05) is 12.1 Å². The first-order valence-corrected chi connectivity index (χ1v) is 10.7. The van der Waals surface area contributed by atoms with Gasteiger partial charge in [0, 0.05) is 25.6 Å². The molecule has 0 saturated carbocycles. The van der Waals surface area contributed by atoms with Crippen LogP contribution in [0, 0.1) is 11.8 Å². The lowest BCUT2D eigenvalue weighted by molar-refractivity contribution is -0.149. The zero-order valence-electron chi connectivity index (χ0n) is 17.1. The standard InChI is InChI=1S/C22H31N3O3.ClH/c1-2-28-18-8-6-15(7-9-18)10-21(26)24-14-20-17-11-16(12-23-13-17)19-4-3-5-22(27)25(19)20;/h6-9,16-17,19-20,23H,2-5,10-14H2,1H3,(H,24,26);1H/t16-,17+,19+,20+;/m1./s1. The number of carbonyl (C=O) groups is 2. The highest BCUT2D eigenvalue weighted by Crippen LogP contribution is 2.39. The zero-order valence-corrected chi connectivity index (χ0v) is 17.9. The minimum absolute atomic E-state index is 0. The predicted octanol–water partition coefficient (Wildman–Crippen LogP) is 2.15. The predicted molar refractivity (Wildman–Crippen MR) is 114 cm³/mol. The van der Waals surface area contributed by atoms with Crippen molar-refractivity contribution in [3.63, 3.8) is 0 Å². The summed E-state index contributed by atoms with van der Waals surface area (Å²) in [4.78, 5) is 27.3. The van der Waals surface area contributed by atoms with Gasteiger partial charge < -0.3 is 20.3 Å². The van der Waals surface area contributed by atoms with Gasteiger partial charge in [0.15, 0.2) is 0 Å². The van der Waals surface area contributed by atoms with Crippen molar-refractivity contribution >= 4 is 24.2 Å².